The molecule has 102 valence electrons. The van der Waals surface area contributed by atoms with Gasteiger partial charge in [0.2, 0.25) is 5.79 Å². The van der Waals surface area contributed by atoms with Gasteiger partial charge >= 0.3 is 5.63 Å². The predicted molar refractivity (Wildman–Crippen MR) is 70.2 cm³/mol. The summed E-state index contributed by atoms with van der Waals surface area (Å²) < 4.78 is 17.0. The molecule has 1 aromatic heterocycles. The van der Waals surface area contributed by atoms with E-state index in [1.54, 1.807) is 13.0 Å². The van der Waals surface area contributed by atoms with Gasteiger partial charge in [-0.15, -0.1) is 0 Å². The van der Waals surface area contributed by atoms with Crippen LogP contribution in [0.15, 0.2) is 27.4 Å². The van der Waals surface area contributed by atoms with Gasteiger partial charge < -0.3 is 13.9 Å². The van der Waals surface area contributed by atoms with E-state index in [0.717, 1.165) is 0 Å². The lowest BCUT2D eigenvalue weighted by atomic mass is 9.82. The second-order valence-corrected chi connectivity index (χ2v) is 5.42. The standard InChI is InChI=1S/C15H18O4/c1-4-5-10-8-17-15(3)12(10)7-11-13(19-15)6-9(2)18-14(11)16/h4-6,10,12H,7-8H2,1-3H3/t10-,12+,15+/m1/s1. The van der Waals surface area contributed by atoms with Crippen LogP contribution >= 0.6 is 0 Å². The largest absolute Gasteiger partial charge is 0.462 e. The molecule has 3 heterocycles. The minimum Gasteiger partial charge on any atom is -0.462 e. The Hall–Kier alpha value is -1.55. The van der Waals surface area contributed by atoms with Crippen LogP contribution in [0, 0.1) is 18.8 Å². The Balaban J connectivity index is 2.04. The Morgan fingerprint density at radius 3 is 3.00 bits per heavy atom. The SMILES string of the molecule is CC=C[C@@H]1CO[C@@]2(C)Oc3cc(C)oc(=O)c3C[C@@H]12. The second kappa shape index (κ2) is 4.23. The van der Waals surface area contributed by atoms with Gasteiger partial charge in [-0.2, -0.15) is 0 Å². The molecule has 0 bridgehead atoms. The first-order valence-corrected chi connectivity index (χ1v) is 6.63. The highest BCUT2D eigenvalue weighted by Crippen LogP contribution is 2.45. The maximum absolute atomic E-state index is 11.9. The van der Waals surface area contributed by atoms with Crippen LogP contribution in [0.5, 0.6) is 5.75 Å². The van der Waals surface area contributed by atoms with Crippen LogP contribution in [0.4, 0.5) is 0 Å². The van der Waals surface area contributed by atoms with Crippen molar-refractivity contribution in [2.45, 2.75) is 33.0 Å². The van der Waals surface area contributed by atoms with Crippen molar-refractivity contribution in [1.82, 2.24) is 0 Å². The quantitative estimate of drug-likeness (QED) is 0.729. The molecule has 4 heteroatoms. The Labute approximate surface area is 112 Å². The van der Waals surface area contributed by atoms with Crippen molar-refractivity contribution >= 4 is 0 Å². The van der Waals surface area contributed by atoms with E-state index in [4.69, 9.17) is 13.9 Å². The highest BCUT2D eigenvalue weighted by atomic mass is 16.7. The van der Waals surface area contributed by atoms with Crippen molar-refractivity contribution in [3.05, 3.63) is 40.0 Å². The molecule has 4 nitrogen and oxygen atoms in total. The van der Waals surface area contributed by atoms with Gasteiger partial charge in [-0.1, -0.05) is 12.2 Å². The summed E-state index contributed by atoms with van der Waals surface area (Å²) in [5, 5.41) is 0. The van der Waals surface area contributed by atoms with Crippen LogP contribution in [0.1, 0.15) is 25.2 Å². The summed E-state index contributed by atoms with van der Waals surface area (Å²) in [7, 11) is 0. The fourth-order valence-corrected chi connectivity index (χ4v) is 3.08. The van der Waals surface area contributed by atoms with Crippen LogP contribution in [-0.4, -0.2) is 12.4 Å². The van der Waals surface area contributed by atoms with Gasteiger partial charge in [0.15, 0.2) is 0 Å². The summed E-state index contributed by atoms with van der Waals surface area (Å²) in [5.74, 6) is 0.963. The van der Waals surface area contributed by atoms with Gasteiger partial charge in [-0.05, 0) is 20.3 Å². The van der Waals surface area contributed by atoms with E-state index < -0.39 is 5.79 Å². The molecular formula is C15H18O4. The van der Waals surface area contributed by atoms with Gasteiger partial charge in [0, 0.05) is 24.8 Å². The monoisotopic (exact) mass is 262 g/mol. The molecule has 0 radical (unpaired) electrons. The van der Waals surface area contributed by atoms with Gasteiger partial charge in [-0.25, -0.2) is 4.79 Å². The summed E-state index contributed by atoms with van der Waals surface area (Å²) in [4.78, 5) is 11.9. The van der Waals surface area contributed by atoms with E-state index in [0.29, 0.717) is 30.1 Å². The number of allylic oxidation sites excluding steroid dienone is 1. The van der Waals surface area contributed by atoms with E-state index in [9.17, 15) is 4.79 Å². The van der Waals surface area contributed by atoms with Crippen LogP contribution < -0.4 is 10.4 Å². The van der Waals surface area contributed by atoms with Crippen LogP contribution in [-0.2, 0) is 11.2 Å². The van der Waals surface area contributed by atoms with Gasteiger partial charge in [-0.3, -0.25) is 0 Å². The summed E-state index contributed by atoms with van der Waals surface area (Å²) in [5.41, 5.74) is 0.344. The molecular weight excluding hydrogens is 244 g/mol. The predicted octanol–water partition coefficient (Wildman–Crippen LogP) is 2.44. The lowest BCUT2D eigenvalue weighted by molar-refractivity contribution is -0.166. The maximum Gasteiger partial charge on any atom is 0.342 e. The minimum absolute atomic E-state index is 0.154. The zero-order chi connectivity index (χ0) is 13.6. The Morgan fingerprint density at radius 1 is 1.47 bits per heavy atom. The zero-order valence-electron chi connectivity index (χ0n) is 11.4. The highest BCUT2D eigenvalue weighted by Gasteiger charge is 2.51. The van der Waals surface area contributed by atoms with Gasteiger partial charge in [0.05, 0.1) is 12.2 Å². The third kappa shape index (κ3) is 1.91. The van der Waals surface area contributed by atoms with Crippen molar-refractivity contribution in [1.29, 1.82) is 0 Å². The third-order valence-corrected chi connectivity index (χ3v) is 4.06. The fraction of sp³-hybridized carbons (Fsp3) is 0.533. The molecule has 1 aromatic rings. The van der Waals surface area contributed by atoms with Crippen molar-refractivity contribution in [3.63, 3.8) is 0 Å². The van der Waals surface area contributed by atoms with E-state index in [1.807, 2.05) is 19.9 Å². The van der Waals surface area contributed by atoms with Crippen LogP contribution in [0.3, 0.4) is 0 Å². The van der Waals surface area contributed by atoms with Crippen molar-refractivity contribution < 1.29 is 13.9 Å². The van der Waals surface area contributed by atoms with E-state index in [-0.39, 0.29) is 17.5 Å². The zero-order valence-corrected chi connectivity index (χ0v) is 11.4. The maximum atomic E-state index is 11.9. The average Bonchev–Trinajstić information content (AvgIpc) is 2.64. The lowest BCUT2D eigenvalue weighted by Gasteiger charge is -2.37. The molecule has 1 saturated heterocycles. The number of aryl methyl sites for hydroxylation is 1. The van der Waals surface area contributed by atoms with Gasteiger partial charge in [0.25, 0.3) is 0 Å². The van der Waals surface area contributed by atoms with Crippen molar-refractivity contribution in [3.8, 4) is 5.75 Å². The Bertz CT molecular complexity index is 586. The molecule has 19 heavy (non-hydrogen) atoms. The lowest BCUT2D eigenvalue weighted by Crippen LogP contribution is -2.45. The molecule has 3 rings (SSSR count). The first-order valence-electron chi connectivity index (χ1n) is 6.63. The summed E-state index contributed by atoms with van der Waals surface area (Å²) >= 11 is 0. The number of ether oxygens (including phenoxy) is 2. The first kappa shape index (κ1) is 12.5. The van der Waals surface area contributed by atoms with E-state index in [1.165, 1.54) is 0 Å². The molecule has 3 atom stereocenters. The van der Waals surface area contributed by atoms with Crippen LogP contribution in [0.2, 0.25) is 0 Å². The molecule has 0 amide bonds. The van der Waals surface area contributed by atoms with Gasteiger partial charge in [0.1, 0.15) is 11.5 Å². The highest BCUT2D eigenvalue weighted by molar-refractivity contribution is 5.35. The molecule has 0 N–H and O–H groups in total. The minimum atomic E-state index is -0.641. The number of hydrogen-bond acceptors (Lipinski definition) is 4. The van der Waals surface area contributed by atoms with Crippen LogP contribution in [0.25, 0.3) is 0 Å². The van der Waals surface area contributed by atoms with Crippen molar-refractivity contribution in [2.75, 3.05) is 6.61 Å². The molecule has 0 unspecified atom stereocenters. The number of rotatable bonds is 1. The molecule has 0 spiro atoms. The summed E-state index contributed by atoms with van der Waals surface area (Å²) in [6.07, 6.45) is 4.79. The van der Waals surface area contributed by atoms with Crippen molar-refractivity contribution in [2.24, 2.45) is 11.8 Å². The molecule has 0 saturated carbocycles. The summed E-state index contributed by atoms with van der Waals surface area (Å²) in [6, 6.07) is 1.77. The van der Waals surface area contributed by atoms with E-state index >= 15 is 0 Å². The first-order chi connectivity index (χ1) is 9.03. The summed E-state index contributed by atoms with van der Waals surface area (Å²) in [6.45, 7) is 6.32. The molecule has 0 aromatic carbocycles. The molecule has 1 fully saturated rings. The third-order valence-electron chi connectivity index (χ3n) is 4.06. The Morgan fingerprint density at radius 2 is 2.26 bits per heavy atom. The average molecular weight is 262 g/mol. The smallest absolute Gasteiger partial charge is 0.342 e. The number of fused-ring (bicyclic) bond motifs is 2. The Kier molecular flexibility index (Phi) is 2.78. The normalized spacial score (nSPS) is 33.0. The fourth-order valence-electron chi connectivity index (χ4n) is 3.08. The second-order valence-electron chi connectivity index (χ2n) is 5.42. The van der Waals surface area contributed by atoms with E-state index in [2.05, 4.69) is 6.08 Å². The topological polar surface area (TPSA) is 48.7 Å². The molecule has 2 aliphatic heterocycles. The molecule has 2 aliphatic rings. The molecule has 0 aliphatic carbocycles. The number of hydrogen-bond donors (Lipinski definition) is 0.